The quantitative estimate of drug-likeness (QED) is 0.168. The fraction of sp³-hybridized carbons (Fsp3) is 0.900. The Hall–Kier alpha value is -0.350. The van der Waals surface area contributed by atoms with E-state index in [0.29, 0.717) is 6.42 Å². The van der Waals surface area contributed by atoms with Crippen molar-refractivity contribution in [1.82, 2.24) is 0 Å². The molecule has 0 heterocycles. The number of allylic oxidation sites excluding steroid dienone is 2. The highest BCUT2D eigenvalue weighted by atomic mass is 32.2. The van der Waals surface area contributed by atoms with Crippen molar-refractivity contribution < 1.29 is 13.0 Å². The van der Waals surface area contributed by atoms with Crippen LogP contribution in [0.1, 0.15) is 110 Å². The van der Waals surface area contributed by atoms with E-state index >= 15 is 0 Å². The van der Waals surface area contributed by atoms with Gasteiger partial charge in [-0.25, -0.2) is 0 Å². The smallest absolute Gasteiger partial charge is 0.264 e. The van der Waals surface area contributed by atoms with E-state index in [1.54, 1.807) is 0 Å². The maximum Gasteiger partial charge on any atom is 0.264 e. The zero-order valence-electron chi connectivity index (χ0n) is 15.8. The Bertz CT molecular complexity index is 374. The summed E-state index contributed by atoms with van der Waals surface area (Å²) in [6.07, 6.45) is 24.3. The highest BCUT2D eigenvalue weighted by molar-refractivity contribution is 7.85. The van der Waals surface area contributed by atoms with Gasteiger partial charge in [-0.05, 0) is 32.1 Å². The summed E-state index contributed by atoms with van der Waals surface area (Å²) in [6, 6.07) is 0. The fourth-order valence-corrected chi connectivity index (χ4v) is 3.45. The summed E-state index contributed by atoms with van der Waals surface area (Å²) in [7, 11) is -3.75. The minimum Gasteiger partial charge on any atom is -0.286 e. The van der Waals surface area contributed by atoms with Crippen LogP contribution in [0.3, 0.4) is 0 Å². The monoisotopic (exact) mass is 360 g/mol. The molecule has 0 radical (unpaired) electrons. The first-order valence-corrected chi connectivity index (χ1v) is 11.8. The van der Waals surface area contributed by atoms with Gasteiger partial charge < -0.3 is 0 Å². The van der Waals surface area contributed by atoms with Crippen molar-refractivity contribution in [3.8, 4) is 0 Å². The van der Waals surface area contributed by atoms with Gasteiger partial charge >= 0.3 is 0 Å². The molecule has 0 spiro atoms. The third kappa shape index (κ3) is 21.6. The van der Waals surface area contributed by atoms with E-state index in [1.807, 2.05) is 0 Å². The molecule has 0 amide bonds. The number of hydrogen-bond donors (Lipinski definition) is 1. The lowest BCUT2D eigenvalue weighted by molar-refractivity contribution is 0.478. The van der Waals surface area contributed by atoms with E-state index in [-0.39, 0.29) is 5.75 Å². The molecule has 0 atom stereocenters. The summed E-state index contributed by atoms with van der Waals surface area (Å²) >= 11 is 0. The van der Waals surface area contributed by atoms with Crippen molar-refractivity contribution in [2.24, 2.45) is 0 Å². The molecule has 0 aliphatic rings. The van der Waals surface area contributed by atoms with Gasteiger partial charge in [-0.3, -0.25) is 4.55 Å². The number of hydrogen-bond acceptors (Lipinski definition) is 2. The molecule has 0 rings (SSSR count). The molecule has 0 fully saturated rings. The van der Waals surface area contributed by atoms with Crippen LogP contribution in [-0.4, -0.2) is 18.7 Å². The van der Waals surface area contributed by atoms with Gasteiger partial charge in [0.15, 0.2) is 0 Å². The van der Waals surface area contributed by atoms with Crippen molar-refractivity contribution in [2.75, 3.05) is 5.75 Å². The first-order valence-electron chi connectivity index (χ1n) is 10.2. The average Bonchev–Trinajstić information content (AvgIpc) is 2.52. The Kier molecular flexibility index (Phi) is 17.2. The van der Waals surface area contributed by atoms with E-state index in [0.717, 1.165) is 12.8 Å². The van der Waals surface area contributed by atoms with Gasteiger partial charge in [0, 0.05) is 0 Å². The van der Waals surface area contributed by atoms with Crippen molar-refractivity contribution in [3.63, 3.8) is 0 Å². The van der Waals surface area contributed by atoms with E-state index in [4.69, 9.17) is 4.55 Å². The second-order valence-corrected chi connectivity index (χ2v) is 8.50. The zero-order chi connectivity index (χ0) is 17.9. The summed E-state index contributed by atoms with van der Waals surface area (Å²) in [6.45, 7) is 2.26. The molecular weight excluding hydrogens is 320 g/mol. The third-order valence-electron chi connectivity index (χ3n) is 4.41. The van der Waals surface area contributed by atoms with Gasteiger partial charge in [0.05, 0.1) is 5.75 Å². The molecule has 0 bridgehead atoms. The van der Waals surface area contributed by atoms with Crippen LogP contribution in [0.15, 0.2) is 12.2 Å². The Morgan fingerprint density at radius 1 is 0.625 bits per heavy atom. The topological polar surface area (TPSA) is 54.4 Å². The molecule has 1 N–H and O–H groups in total. The van der Waals surface area contributed by atoms with Crippen LogP contribution in [0.4, 0.5) is 0 Å². The molecule has 0 aliphatic heterocycles. The summed E-state index contributed by atoms with van der Waals surface area (Å²) < 4.78 is 29.7. The van der Waals surface area contributed by atoms with Crippen molar-refractivity contribution >= 4 is 10.1 Å². The Balaban J connectivity index is 3.13. The van der Waals surface area contributed by atoms with Crippen LogP contribution >= 0.6 is 0 Å². The molecule has 0 saturated carbocycles. The third-order valence-corrected chi connectivity index (χ3v) is 5.22. The maximum atomic E-state index is 10.6. The van der Waals surface area contributed by atoms with Gasteiger partial charge in [-0.2, -0.15) is 8.42 Å². The van der Waals surface area contributed by atoms with Gasteiger partial charge in [0.25, 0.3) is 10.1 Å². The normalized spacial score (nSPS) is 12.2. The van der Waals surface area contributed by atoms with E-state index in [9.17, 15) is 8.42 Å². The molecular formula is C20H40O3S. The van der Waals surface area contributed by atoms with Crippen LogP contribution < -0.4 is 0 Å². The summed E-state index contributed by atoms with van der Waals surface area (Å²) in [4.78, 5) is 0. The SMILES string of the molecule is CCCCCCCC/C=C\CCCCCCCCCCS(=O)(=O)O. The molecule has 0 aromatic heterocycles. The predicted molar refractivity (Wildman–Crippen MR) is 105 cm³/mol. The standard InChI is InChI=1S/C20H40O3S/c1-2-3-4-5-6-7-8-9-10-11-12-13-14-15-16-17-18-19-20-24(21,22)23/h9-10H,2-8,11-20H2,1H3,(H,21,22,23)/b10-9-. The van der Waals surface area contributed by atoms with Crippen LogP contribution in [0.5, 0.6) is 0 Å². The fourth-order valence-electron chi connectivity index (χ4n) is 2.89. The van der Waals surface area contributed by atoms with Crippen LogP contribution in [-0.2, 0) is 10.1 Å². The predicted octanol–water partition coefficient (Wildman–Crippen LogP) is 6.69. The van der Waals surface area contributed by atoms with Gasteiger partial charge in [0.1, 0.15) is 0 Å². The van der Waals surface area contributed by atoms with Crippen LogP contribution in [0.2, 0.25) is 0 Å². The molecule has 4 heteroatoms. The Morgan fingerprint density at radius 3 is 1.42 bits per heavy atom. The van der Waals surface area contributed by atoms with Crippen molar-refractivity contribution in [1.29, 1.82) is 0 Å². The largest absolute Gasteiger partial charge is 0.286 e. The number of unbranched alkanes of at least 4 members (excludes halogenated alkanes) is 14. The molecule has 144 valence electrons. The minimum atomic E-state index is -3.75. The van der Waals surface area contributed by atoms with Gasteiger partial charge in [-0.1, -0.05) is 89.7 Å². The zero-order valence-corrected chi connectivity index (χ0v) is 16.7. The Morgan fingerprint density at radius 2 is 1.00 bits per heavy atom. The van der Waals surface area contributed by atoms with Crippen LogP contribution in [0.25, 0.3) is 0 Å². The minimum absolute atomic E-state index is 0.0852. The first-order chi connectivity index (χ1) is 11.6. The van der Waals surface area contributed by atoms with E-state index < -0.39 is 10.1 Å². The molecule has 0 aromatic carbocycles. The maximum absolute atomic E-state index is 10.6. The van der Waals surface area contributed by atoms with E-state index in [2.05, 4.69) is 19.1 Å². The van der Waals surface area contributed by atoms with E-state index in [1.165, 1.54) is 83.5 Å². The van der Waals surface area contributed by atoms with Crippen LogP contribution in [0, 0.1) is 0 Å². The lowest BCUT2D eigenvalue weighted by Gasteiger charge is -2.01. The summed E-state index contributed by atoms with van der Waals surface area (Å²) in [5.74, 6) is -0.0852. The lowest BCUT2D eigenvalue weighted by atomic mass is 10.1. The highest BCUT2D eigenvalue weighted by Crippen LogP contribution is 2.11. The Labute approximate surface area is 151 Å². The second kappa shape index (κ2) is 17.5. The highest BCUT2D eigenvalue weighted by Gasteiger charge is 2.02. The molecule has 24 heavy (non-hydrogen) atoms. The molecule has 0 unspecified atom stereocenters. The molecule has 0 aromatic rings. The number of rotatable bonds is 18. The average molecular weight is 361 g/mol. The summed E-state index contributed by atoms with van der Waals surface area (Å²) in [5, 5.41) is 0. The van der Waals surface area contributed by atoms with Gasteiger partial charge in [0.2, 0.25) is 0 Å². The van der Waals surface area contributed by atoms with Gasteiger partial charge in [-0.15, -0.1) is 0 Å². The molecule has 3 nitrogen and oxygen atoms in total. The second-order valence-electron chi connectivity index (χ2n) is 6.93. The first kappa shape index (κ1) is 23.6. The molecule has 0 aliphatic carbocycles. The summed E-state index contributed by atoms with van der Waals surface area (Å²) in [5.41, 5.74) is 0. The van der Waals surface area contributed by atoms with Crippen molar-refractivity contribution in [3.05, 3.63) is 12.2 Å². The van der Waals surface area contributed by atoms with Crippen molar-refractivity contribution in [2.45, 2.75) is 110 Å². The molecule has 0 saturated heterocycles. The lowest BCUT2D eigenvalue weighted by Crippen LogP contribution is -2.03.